The third-order valence-corrected chi connectivity index (χ3v) is 4.31. The van der Waals surface area contributed by atoms with Crippen LogP contribution in [0.5, 0.6) is 0 Å². The van der Waals surface area contributed by atoms with Crippen LogP contribution in [0.1, 0.15) is 52.9 Å². The lowest BCUT2D eigenvalue weighted by atomic mass is 9.91. The first-order valence-corrected chi connectivity index (χ1v) is 7.10. The lowest BCUT2D eigenvalue weighted by Crippen LogP contribution is -2.43. The van der Waals surface area contributed by atoms with Gasteiger partial charge in [-0.15, -0.1) is 0 Å². The van der Waals surface area contributed by atoms with Crippen LogP contribution in [0.25, 0.3) is 0 Å². The van der Waals surface area contributed by atoms with Crippen LogP contribution in [0.3, 0.4) is 0 Å². The molecule has 0 aromatic rings. The Hall–Kier alpha value is -0.120. The van der Waals surface area contributed by atoms with E-state index in [9.17, 15) is 0 Å². The molecule has 1 saturated heterocycles. The van der Waals surface area contributed by atoms with E-state index in [0.29, 0.717) is 0 Å². The Morgan fingerprint density at radius 3 is 2.71 bits per heavy atom. The zero-order chi connectivity index (χ0) is 12.9. The van der Waals surface area contributed by atoms with E-state index < -0.39 is 0 Å². The van der Waals surface area contributed by atoms with Crippen molar-refractivity contribution < 1.29 is 5.11 Å². The number of hydrogen-bond acceptors (Lipinski definition) is 3. The third kappa shape index (κ3) is 4.94. The van der Waals surface area contributed by atoms with Crippen LogP contribution in [-0.2, 0) is 0 Å². The highest BCUT2D eigenvalue weighted by atomic mass is 16.3. The van der Waals surface area contributed by atoms with Gasteiger partial charge in [0.25, 0.3) is 0 Å². The Labute approximate surface area is 106 Å². The van der Waals surface area contributed by atoms with Gasteiger partial charge in [-0.1, -0.05) is 13.3 Å². The number of hydrogen-bond donors (Lipinski definition) is 2. The minimum absolute atomic E-state index is 0.0875. The van der Waals surface area contributed by atoms with E-state index in [-0.39, 0.29) is 12.1 Å². The van der Waals surface area contributed by atoms with Crippen LogP contribution >= 0.6 is 0 Å². The first-order valence-electron chi connectivity index (χ1n) is 7.10. The molecule has 0 spiro atoms. The van der Waals surface area contributed by atoms with Gasteiger partial charge in [0, 0.05) is 11.6 Å². The maximum atomic E-state index is 9.08. The average Bonchev–Trinajstić information content (AvgIpc) is 2.30. The molecule has 3 unspecified atom stereocenters. The van der Waals surface area contributed by atoms with Crippen molar-refractivity contribution in [2.75, 3.05) is 19.7 Å². The Morgan fingerprint density at radius 2 is 2.06 bits per heavy atom. The van der Waals surface area contributed by atoms with E-state index in [0.717, 1.165) is 24.8 Å². The molecule has 1 rings (SSSR count). The molecule has 3 nitrogen and oxygen atoms in total. The van der Waals surface area contributed by atoms with Crippen LogP contribution < -0.4 is 5.73 Å². The molecular formula is C14H30N2O. The summed E-state index contributed by atoms with van der Waals surface area (Å²) >= 11 is 0. The molecular weight excluding hydrogens is 212 g/mol. The van der Waals surface area contributed by atoms with Gasteiger partial charge in [0.15, 0.2) is 0 Å². The predicted molar refractivity (Wildman–Crippen MR) is 73.0 cm³/mol. The molecule has 1 heterocycles. The monoisotopic (exact) mass is 242 g/mol. The molecule has 1 aliphatic heterocycles. The second kappa shape index (κ2) is 6.72. The molecule has 17 heavy (non-hydrogen) atoms. The lowest BCUT2D eigenvalue weighted by Gasteiger charge is -2.38. The van der Waals surface area contributed by atoms with E-state index in [1.54, 1.807) is 0 Å². The molecule has 3 N–H and O–H groups in total. The maximum Gasteiger partial charge on any atom is 0.0608 e. The van der Waals surface area contributed by atoms with Gasteiger partial charge < -0.3 is 15.7 Å². The number of piperidine rings is 1. The molecule has 3 heteroatoms. The fourth-order valence-electron chi connectivity index (χ4n) is 2.66. The Bertz CT molecular complexity index is 218. The summed E-state index contributed by atoms with van der Waals surface area (Å²) < 4.78 is 0. The van der Waals surface area contributed by atoms with Crippen molar-refractivity contribution in [3.8, 4) is 0 Å². The van der Waals surface area contributed by atoms with Crippen molar-refractivity contribution in [3.63, 3.8) is 0 Å². The van der Waals surface area contributed by atoms with Crippen molar-refractivity contribution in [1.29, 1.82) is 0 Å². The summed E-state index contributed by atoms with van der Waals surface area (Å²) in [7, 11) is 0. The molecule has 0 amide bonds. The van der Waals surface area contributed by atoms with Gasteiger partial charge in [0.05, 0.1) is 6.61 Å². The molecule has 102 valence electrons. The second-order valence-corrected chi connectivity index (χ2v) is 6.17. The highest BCUT2D eigenvalue weighted by molar-refractivity contribution is 4.80. The molecule has 0 saturated carbocycles. The first-order chi connectivity index (χ1) is 7.96. The number of unbranched alkanes of at least 4 members (excludes halogenated alkanes) is 1. The summed E-state index contributed by atoms with van der Waals surface area (Å²) in [4.78, 5) is 2.61. The standard InChI is InChI=1S/C14H30N2O/c1-12-7-6-10-16(13(12)2)9-5-4-8-14(3,15)11-17/h12-13,17H,4-11,15H2,1-3H3. The molecule has 1 aliphatic rings. The summed E-state index contributed by atoms with van der Waals surface area (Å²) in [5.41, 5.74) is 5.53. The summed E-state index contributed by atoms with van der Waals surface area (Å²) in [5, 5.41) is 9.08. The van der Waals surface area contributed by atoms with Crippen molar-refractivity contribution in [2.45, 2.75) is 64.5 Å². The Morgan fingerprint density at radius 1 is 1.35 bits per heavy atom. The van der Waals surface area contributed by atoms with Crippen LogP contribution in [0, 0.1) is 5.92 Å². The zero-order valence-corrected chi connectivity index (χ0v) is 11.8. The third-order valence-electron chi connectivity index (χ3n) is 4.31. The zero-order valence-electron chi connectivity index (χ0n) is 11.8. The fourth-order valence-corrected chi connectivity index (χ4v) is 2.66. The van der Waals surface area contributed by atoms with Crippen LogP contribution in [0.15, 0.2) is 0 Å². The van der Waals surface area contributed by atoms with Gasteiger partial charge in [0.1, 0.15) is 0 Å². The number of rotatable bonds is 6. The highest BCUT2D eigenvalue weighted by Crippen LogP contribution is 2.23. The first kappa shape index (κ1) is 14.9. The molecule has 0 aliphatic carbocycles. The number of nitrogens with two attached hydrogens (primary N) is 1. The van der Waals surface area contributed by atoms with Gasteiger partial charge in [0.2, 0.25) is 0 Å². The van der Waals surface area contributed by atoms with Gasteiger partial charge in [-0.3, -0.25) is 0 Å². The smallest absolute Gasteiger partial charge is 0.0608 e. The van der Waals surface area contributed by atoms with Crippen molar-refractivity contribution >= 4 is 0 Å². The van der Waals surface area contributed by atoms with Crippen LogP contribution in [-0.4, -0.2) is 41.3 Å². The minimum Gasteiger partial charge on any atom is -0.394 e. The van der Waals surface area contributed by atoms with E-state index in [1.165, 1.54) is 32.4 Å². The molecule has 3 atom stereocenters. The number of likely N-dealkylation sites (tertiary alicyclic amines) is 1. The van der Waals surface area contributed by atoms with E-state index in [1.807, 2.05) is 6.92 Å². The molecule has 0 bridgehead atoms. The van der Waals surface area contributed by atoms with Crippen molar-refractivity contribution in [3.05, 3.63) is 0 Å². The van der Waals surface area contributed by atoms with Crippen LogP contribution in [0.2, 0.25) is 0 Å². The van der Waals surface area contributed by atoms with E-state index in [4.69, 9.17) is 10.8 Å². The van der Waals surface area contributed by atoms with E-state index in [2.05, 4.69) is 18.7 Å². The average molecular weight is 242 g/mol. The number of aliphatic hydroxyl groups is 1. The summed E-state index contributed by atoms with van der Waals surface area (Å²) in [6.45, 7) is 9.17. The minimum atomic E-state index is -0.388. The Balaban J connectivity index is 2.18. The summed E-state index contributed by atoms with van der Waals surface area (Å²) in [5.74, 6) is 0.834. The molecule has 0 aromatic heterocycles. The maximum absolute atomic E-state index is 9.08. The highest BCUT2D eigenvalue weighted by Gasteiger charge is 2.24. The Kier molecular flexibility index (Phi) is 5.90. The number of aliphatic hydroxyl groups excluding tert-OH is 1. The lowest BCUT2D eigenvalue weighted by molar-refractivity contribution is 0.110. The fraction of sp³-hybridized carbons (Fsp3) is 1.00. The molecule has 0 radical (unpaired) electrons. The molecule has 0 aromatic carbocycles. The normalized spacial score (nSPS) is 30.2. The summed E-state index contributed by atoms with van der Waals surface area (Å²) in [6, 6.07) is 0.728. The van der Waals surface area contributed by atoms with Crippen LogP contribution in [0.4, 0.5) is 0 Å². The predicted octanol–water partition coefficient (Wildman–Crippen LogP) is 1.99. The van der Waals surface area contributed by atoms with Gasteiger partial charge >= 0.3 is 0 Å². The topological polar surface area (TPSA) is 49.5 Å². The second-order valence-electron chi connectivity index (χ2n) is 6.17. The summed E-state index contributed by atoms with van der Waals surface area (Å²) in [6.07, 6.45) is 5.95. The van der Waals surface area contributed by atoms with Gasteiger partial charge in [-0.2, -0.15) is 0 Å². The quantitative estimate of drug-likeness (QED) is 0.700. The SMILES string of the molecule is CC1CCCN(CCCCC(C)(N)CO)C1C. The van der Waals surface area contributed by atoms with Gasteiger partial charge in [-0.25, -0.2) is 0 Å². The molecule has 1 fully saturated rings. The van der Waals surface area contributed by atoms with E-state index >= 15 is 0 Å². The largest absolute Gasteiger partial charge is 0.394 e. The van der Waals surface area contributed by atoms with Crippen molar-refractivity contribution in [2.24, 2.45) is 11.7 Å². The number of nitrogens with zero attached hydrogens (tertiary/aromatic N) is 1. The van der Waals surface area contributed by atoms with Crippen molar-refractivity contribution in [1.82, 2.24) is 4.90 Å². The van der Waals surface area contributed by atoms with Gasteiger partial charge in [-0.05, 0) is 58.5 Å².